The van der Waals surface area contributed by atoms with E-state index in [1.807, 2.05) is 18.2 Å². The zero-order valence-corrected chi connectivity index (χ0v) is 10.7. The topological polar surface area (TPSA) is 85.4 Å². The number of hydrogen-bond acceptors (Lipinski definition) is 5. The Labute approximate surface area is 118 Å². The molecule has 0 spiro atoms. The van der Waals surface area contributed by atoms with Gasteiger partial charge in [-0.05, 0) is 18.2 Å². The van der Waals surface area contributed by atoms with E-state index in [0.717, 1.165) is 6.07 Å². The molecular weight excluding hydrogens is 277 g/mol. The van der Waals surface area contributed by atoms with Crippen molar-refractivity contribution in [3.05, 3.63) is 64.4 Å². The van der Waals surface area contributed by atoms with E-state index in [1.54, 1.807) is 10.6 Å². The highest BCUT2D eigenvalue weighted by atomic mass is 19.1. The molecule has 0 unspecified atom stereocenters. The van der Waals surface area contributed by atoms with Gasteiger partial charge >= 0.3 is 0 Å². The van der Waals surface area contributed by atoms with Gasteiger partial charge in [0.25, 0.3) is 5.69 Å². The molecule has 0 fully saturated rings. The van der Waals surface area contributed by atoms with E-state index < -0.39 is 10.7 Å². The first-order valence-electron chi connectivity index (χ1n) is 6.11. The van der Waals surface area contributed by atoms with Gasteiger partial charge in [-0.2, -0.15) is 0 Å². The molecule has 7 nitrogen and oxygen atoms in total. The van der Waals surface area contributed by atoms with Gasteiger partial charge < -0.3 is 5.32 Å². The average molecular weight is 287 g/mol. The third kappa shape index (κ3) is 2.50. The van der Waals surface area contributed by atoms with Gasteiger partial charge in [0.1, 0.15) is 0 Å². The summed E-state index contributed by atoms with van der Waals surface area (Å²) >= 11 is 0. The van der Waals surface area contributed by atoms with Gasteiger partial charge in [0, 0.05) is 12.3 Å². The van der Waals surface area contributed by atoms with Gasteiger partial charge in [-0.3, -0.25) is 14.5 Å². The molecule has 0 radical (unpaired) electrons. The number of nitro benzene ring substituents is 1. The molecule has 2 heterocycles. The van der Waals surface area contributed by atoms with Crippen LogP contribution in [-0.4, -0.2) is 19.5 Å². The van der Waals surface area contributed by atoms with Gasteiger partial charge in [-0.1, -0.05) is 6.07 Å². The highest BCUT2D eigenvalue weighted by Gasteiger charge is 2.11. The maximum atomic E-state index is 13.7. The fourth-order valence-electron chi connectivity index (χ4n) is 1.95. The van der Waals surface area contributed by atoms with Crippen LogP contribution in [0.2, 0.25) is 0 Å². The van der Waals surface area contributed by atoms with Crippen LogP contribution in [0.1, 0.15) is 5.82 Å². The normalized spacial score (nSPS) is 10.7. The molecule has 0 atom stereocenters. The highest BCUT2D eigenvalue weighted by molar-refractivity contribution is 5.50. The van der Waals surface area contributed by atoms with E-state index in [-0.39, 0.29) is 17.9 Å². The Hall–Kier alpha value is -3.03. The van der Waals surface area contributed by atoms with Gasteiger partial charge in [-0.15, -0.1) is 10.2 Å². The Morgan fingerprint density at radius 1 is 1.29 bits per heavy atom. The largest absolute Gasteiger partial charge is 0.375 e. The molecular formula is C13H10FN5O2. The van der Waals surface area contributed by atoms with Crippen LogP contribution in [0, 0.1) is 15.9 Å². The number of fused-ring (bicyclic) bond motifs is 1. The summed E-state index contributed by atoms with van der Waals surface area (Å²) in [7, 11) is 0. The molecule has 21 heavy (non-hydrogen) atoms. The molecule has 8 heteroatoms. The maximum absolute atomic E-state index is 13.7. The molecule has 0 aliphatic heterocycles. The summed E-state index contributed by atoms with van der Waals surface area (Å²) in [5.74, 6) is -0.0682. The quantitative estimate of drug-likeness (QED) is 0.588. The van der Waals surface area contributed by atoms with E-state index in [4.69, 9.17) is 0 Å². The van der Waals surface area contributed by atoms with Gasteiger partial charge in [0.05, 0.1) is 23.2 Å². The summed E-state index contributed by atoms with van der Waals surface area (Å²) in [4.78, 5) is 9.91. The zero-order valence-electron chi connectivity index (χ0n) is 10.7. The highest BCUT2D eigenvalue weighted by Crippen LogP contribution is 2.20. The van der Waals surface area contributed by atoms with Gasteiger partial charge in [0.15, 0.2) is 17.3 Å². The monoisotopic (exact) mass is 287 g/mol. The number of rotatable bonds is 4. The second-order valence-corrected chi connectivity index (χ2v) is 4.32. The zero-order chi connectivity index (χ0) is 14.8. The second-order valence-electron chi connectivity index (χ2n) is 4.32. The fraction of sp³-hybridized carbons (Fsp3) is 0.0769. The summed E-state index contributed by atoms with van der Waals surface area (Å²) in [5.41, 5.74) is 0.581. The first-order valence-corrected chi connectivity index (χ1v) is 6.11. The summed E-state index contributed by atoms with van der Waals surface area (Å²) in [5, 5.41) is 21.4. The molecule has 106 valence electrons. The lowest BCUT2D eigenvalue weighted by Gasteiger charge is -2.06. The minimum atomic E-state index is -0.682. The van der Waals surface area contributed by atoms with Crippen molar-refractivity contribution >= 4 is 17.0 Å². The van der Waals surface area contributed by atoms with Crippen LogP contribution in [-0.2, 0) is 6.54 Å². The van der Waals surface area contributed by atoms with Crippen molar-refractivity contribution in [2.24, 2.45) is 0 Å². The average Bonchev–Trinajstić information content (AvgIpc) is 2.89. The predicted octanol–water partition coefficient (Wildman–Crippen LogP) is 2.39. The smallest absolute Gasteiger partial charge is 0.272 e. The molecule has 1 aromatic carbocycles. The Kier molecular flexibility index (Phi) is 3.19. The third-order valence-electron chi connectivity index (χ3n) is 2.98. The minimum absolute atomic E-state index is 0.174. The minimum Gasteiger partial charge on any atom is -0.375 e. The summed E-state index contributed by atoms with van der Waals surface area (Å²) in [6.07, 6.45) is 1.80. The Bertz CT molecular complexity index is 817. The Balaban J connectivity index is 1.80. The van der Waals surface area contributed by atoms with E-state index in [0.29, 0.717) is 11.5 Å². The molecule has 0 saturated carbocycles. The molecule has 3 rings (SSSR count). The van der Waals surface area contributed by atoms with E-state index in [9.17, 15) is 14.5 Å². The van der Waals surface area contributed by atoms with Crippen molar-refractivity contribution in [2.45, 2.75) is 6.54 Å². The number of nitrogens with zero attached hydrogens (tertiary/aromatic N) is 4. The molecule has 3 aromatic rings. The van der Waals surface area contributed by atoms with Crippen molar-refractivity contribution in [1.82, 2.24) is 14.6 Å². The van der Waals surface area contributed by atoms with Crippen LogP contribution in [0.4, 0.5) is 15.8 Å². The number of halogens is 1. The third-order valence-corrected chi connectivity index (χ3v) is 2.98. The summed E-state index contributed by atoms with van der Waals surface area (Å²) < 4.78 is 15.5. The van der Waals surface area contributed by atoms with Crippen LogP contribution >= 0.6 is 0 Å². The molecule has 0 bridgehead atoms. The number of nitrogens with one attached hydrogen (secondary N) is 1. The lowest BCUT2D eigenvalue weighted by atomic mass is 10.2. The van der Waals surface area contributed by atoms with Gasteiger partial charge in [0.2, 0.25) is 0 Å². The van der Waals surface area contributed by atoms with Crippen LogP contribution in [0.3, 0.4) is 0 Å². The Morgan fingerprint density at radius 2 is 2.14 bits per heavy atom. The standard InChI is InChI=1S/C13H10FN5O2/c14-10-7-9(19(20)21)4-5-11(10)15-8-13-17-16-12-3-1-2-6-18(12)13/h1-7,15H,8H2. The van der Waals surface area contributed by atoms with E-state index >= 15 is 0 Å². The van der Waals surface area contributed by atoms with Gasteiger partial charge in [-0.25, -0.2) is 4.39 Å². The number of anilines is 1. The SMILES string of the molecule is O=[N+]([O-])c1ccc(NCc2nnc3ccccn23)c(F)c1. The lowest BCUT2D eigenvalue weighted by Crippen LogP contribution is -2.05. The van der Waals surface area contributed by atoms with Crippen LogP contribution in [0.15, 0.2) is 42.6 Å². The Morgan fingerprint density at radius 3 is 2.90 bits per heavy atom. The van der Waals surface area contributed by atoms with Crippen molar-refractivity contribution < 1.29 is 9.31 Å². The molecule has 2 aromatic heterocycles. The lowest BCUT2D eigenvalue weighted by molar-refractivity contribution is -0.385. The van der Waals surface area contributed by atoms with Crippen LogP contribution < -0.4 is 5.32 Å². The first-order chi connectivity index (χ1) is 10.1. The number of pyridine rings is 1. The van der Waals surface area contributed by atoms with Crippen LogP contribution in [0.25, 0.3) is 5.65 Å². The molecule has 0 amide bonds. The van der Waals surface area contributed by atoms with Crippen molar-refractivity contribution in [1.29, 1.82) is 0 Å². The maximum Gasteiger partial charge on any atom is 0.272 e. The van der Waals surface area contributed by atoms with E-state index in [2.05, 4.69) is 15.5 Å². The summed E-state index contributed by atoms with van der Waals surface area (Å²) in [6, 6.07) is 8.95. The number of non-ortho nitro benzene ring substituents is 1. The predicted molar refractivity (Wildman–Crippen MR) is 73.4 cm³/mol. The number of hydrogen-bond donors (Lipinski definition) is 1. The van der Waals surface area contributed by atoms with Crippen LogP contribution in [0.5, 0.6) is 0 Å². The van der Waals surface area contributed by atoms with Crippen molar-refractivity contribution in [3.8, 4) is 0 Å². The molecule has 0 aliphatic rings. The number of benzene rings is 1. The van der Waals surface area contributed by atoms with Crippen molar-refractivity contribution in [3.63, 3.8) is 0 Å². The fourth-order valence-corrected chi connectivity index (χ4v) is 1.95. The molecule has 0 saturated heterocycles. The number of nitro groups is 1. The molecule has 0 aliphatic carbocycles. The van der Waals surface area contributed by atoms with Crippen molar-refractivity contribution in [2.75, 3.05) is 5.32 Å². The molecule has 1 N–H and O–H groups in total. The first kappa shape index (κ1) is 13.0. The second kappa shape index (κ2) is 5.16. The number of aromatic nitrogens is 3. The summed E-state index contributed by atoms with van der Waals surface area (Å²) in [6.45, 7) is 0.250. The van der Waals surface area contributed by atoms with E-state index in [1.165, 1.54) is 12.1 Å².